The van der Waals surface area contributed by atoms with Crippen LogP contribution in [-0.2, 0) is 0 Å². The van der Waals surface area contributed by atoms with E-state index in [1.807, 2.05) is 48.5 Å². The van der Waals surface area contributed by atoms with Gasteiger partial charge in [0.15, 0.2) is 0 Å². The van der Waals surface area contributed by atoms with Gasteiger partial charge in [0.1, 0.15) is 0 Å². The maximum absolute atomic E-state index is 11.0. The summed E-state index contributed by atoms with van der Waals surface area (Å²) in [4.78, 5) is 0. The van der Waals surface area contributed by atoms with Crippen LogP contribution in [0.25, 0.3) is 0 Å². The van der Waals surface area contributed by atoms with Crippen LogP contribution in [-0.4, -0.2) is 5.11 Å². The van der Waals surface area contributed by atoms with Gasteiger partial charge in [-0.1, -0.05) is 87.4 Å². The van der Waals surface area contributed by atoms with Gasteiger partial charge in [0, 0.05) is 5.92 Å². The summed E-state index contributed by atoms with van der Waals surface area (Å²) in [5, 5.41) is 11.0. The summed E-state index contributed by atoms with van der Waals surface area (Å²) >= 11 is 0. The molecule has 1 nitrogen and oxygen atoms in total. The maximum Gasteiger partial charge on any atom is 0.0899 e. The number of hydrogen-bond acceptors (Lipinski definition) is 1. The number of rotatable bonds is 9. The van der Waals surface area contributed by atoms with Crippen molar-refractivity contribution in [3.05, 3.63) is 89.2 Å². The lowest BCUT2D eigenvalue weighted by atomic mass is 9.88. The monoisotopic (exact) mass is 334 g/mol. The van der Waals surface area contributed by atoms with Crippen LogP contribution in [0.4, 0.5) is 0 Å². The molecule has 132 valence electrons. The van der Waals surface area contributed by atoms with Crippen molar-refractivity contribution in [3.63, 3.8) is 0 Å². The predicted octanol–water partition coefficient (Wildman–Crippen LogP) is 6.58. The van der Waals surface area contributed by atoms with Crippen molar-refractivity contribution in [2.24, 2.45) is 0 Å². The first-order valence-electron chi connectivity index (χ1n) is 9.48. The number of aliphatic hydroxyl groups is 1. The van der Waals surface area contributed by atoms with Gasteiger partial charge in [0.25, 0.3) is 0 Å². The molecule has 0 unspecified atom stereocenters. The highest BCUT2D eigenvalue weighted by molar-refractivity contribution is 5.30. The van der Waals surface area contributed by atoms with E-state index in [9.17, 15) is 5.11 Å². The van der Waals surface area contributed by atoms with Gasteiger partial charge < -0.3 is 5.11 Å². The molecule has 2 aromatic carbocycles. The third-order valence-corrected chi connectivity index (χ3v) is 4.64. The van der Waals surface area contributed by atoms with Crippen molar-refractivity contribution in [3.8, 4) is 0 Å². The van der Waals surface area contributed by atoms with E-state index in [-0.39, 0.29) is 5.92 Å². The normalized spacial score (nSPS) is 12.9. The molecule has 0 aliphatic carbocycles. The first-order chi connectivity index (χ1) is 12.3. The zero-order valence-electron chi connectivity index (χ0n) is 15.5. The molecule has 0 fully saturated rings. The fourth-order valence-electron chi connectivity index (χ4n) is 3.05. The van der Waals surface area contributed by atoms with Gasteiger partial charge >= 0.3 is 0 Å². The highest BCUT2D eigenvalue weighted by atomic mass is 16.3. The molecular formula is C24H30O. The molecule has 0 saturated heterocycles. The van der Waals surface area contributed by atoms with Gasteiger partial charge in [-0.3, -0.25) is 0 Å². The van der Waals surface area contributed by atoms with Crippen LogP contribution >= 0.6 is 0 Å². The van der Waals surface area contributed by atoms with Gasteiger partial charge in [-0.15, -0.1) is 5.73 Å². The Morgan fingerprint density at radius 3 is 2.08 bits per heavy atom. The number of aliphatic hydroxyl groups excluding tert-OH is 1. The fraction of sp³-hybridized carbons (Fsp3) is 0.375. The van der Waals surface area contributed by atoms with Crippen molar-refractivity contribution in [1.82, 2.24) is 0 Å². The predicted molar refractivity (Wildman–Crippen MR) is 107 cm³/mol. The second-order valence-electron chi connectivity index (χ2n) is 6.52. The minimum atomic E-state index is -0.565. The molecule has 0 bridgehead atoms. The first kappa shape index (κ1) is 19.2. The average molecular weight is 335 g/mol. The molecule has 25 heavy (non-hydrogen) atoms. The van der Waals surface area contributed by atoms with Crippen molar-refractivity contribution < 1.29 is 5.11 Å². The van der Waals surface area contributed by atoms with Gasteiger partial charge in [0.2, 0.25) is 0 Å². The summed E-state index contributed by atoms with van der Waals surface area (Å²) < 4.78 is 0. The second-order valence-corrected chi connectivity index (χ2v) is 6.52. The van der Waals surface area contributed by atoms with E-state index in [1.54, 1.807) is 0 Å². The van der Waals surface area contributed by atoms with Gasteiger partial charge in [-0.05, 0) is 42.0 Å². The van der Waals surface area contributed by atoms with E-state index in [0.717, 1.165) is 24.0 Å². The zero-order chi connectivity index (χ0) is 17.9. The molecule has 0 aliphatic rings. The van der Waals surface area contributed by atoms with Crippen LogP contribution in [0, 0.1) is 0 Å². The Labute approximate surface area is 152 Å². The van der Waals surface area contributed by atoms with Crippen LogP contribution < -0.4 is 0 Å². The van der Waals surface area contributed by atoms with Crippen LogP contribution in [0.15, 0.2) is 78.0 Å². The van der Waals surface area contributed by atoms with Crippen molar-refractivity contribution >= 4 is 0 Å². The maximum atomic E-state index is 11.0. The molecule has 1 heteroatoms. The summed E-state index contributed by atoms with van der Waals surface area (Å²) in [5.41, 5.74) is 6.92. The van der Waals surface area contributed by atoms with Crippen LogP contribution in [0.2, 0.25) is 0 Å². The average Bonchev–Trinajstić information content (AvgIpc) is 2.68. The number of unbranched alkanes of at least 4 members (excludes halogenated alkanes) is 2. The Hall–Kier alpha value is -2.08. The van der Waals surface area contributed by atoms with Crippen LogP contribution in [0.3, 0.4) is 0 Å². The second kappa shape index (κ2) is 10.7. The molecule has 2 aromatic rings. The topological polar surface area (TPSA) is 20.2 Å². The van der Waals surface area contributed by atoms with Crippen LogP contribution in [0.1, 0.15) is 69.1 Å². The Morgan fingerprint density at radius 1 is 0.920 bits per heavy atom. The molecule has 0 saturated carbocycles. The summed E-state index contributed by atoms with van der Waals surface area (Å²) in [6.45, 7) is 4.42. The van der Waals surface area contributed by atoms with E-state index in [2.05, 4.69) is 37.8 Å². The summed E-state index contributed by atoms with van der Waals surface area (Å²) in [6.07, 6.45) is 7.34. The number of hydrogen-bond donors (Lipinski definition) is 1. The molecule has 0 heterocycles. The lowest BCUT2D eigenvalue weighted by molar-refractivity contribution is 0.162. The van der Waals surface area contributed by atoms with Gasteiger partial charge in [0.05, 0.1) is 6.10 Å². The minimum Gasteiger partial charge on any atom is -0.387 e. The summed E-state index contributed by atoms with van der Waals surface area (Å²) in [5.74, 6) is -0.0867. The molecular weight excluding hydrogens is 304 g/mol. The minimum absolute atomic E-state index is 0.0867. The highest BCUT2D eigenvalue weighted by Gasteiger charge is 2.20. The van der Waals surface area contributed by atoms with Gasteiger partial charge in [-0.2, -0.15) is 0 Å². The molecule has 0 amide bonds. The molecule has 0 aromatic heterocycles. The molecule has 2 atom stereocenters. The Morgan fingerprint density at radius 2 is 1.52 bits per heavy atom. The lowest BCUT2D eigenvalue weighted by Gasteiger charge is -2.20. The molecule has 2 rings (SSSR count). The number of benzene rings is 2. The van der Waals surface area contributed by atoms with Gasteiger partial charge in [-0.25, -0.2) is 0 Å². The smallest absolute Gasteiger partial charge is 0.0899 e. The first-order valence-corrected chi connectivity index (χ1v) is 9.48. The Bertz CT molecular complexity index is 666. The molecule has 0 radical (unpaired) electrons. The highest BCUT2D eigenvalue weighted by Crippen LogP contribution is 2.32. The third-order valence-electron chi connectivity index (χ3n) is 4.64. The molecule has 0 spiro atoms. The summed E-state index contributed by atoms with van der Waals surface area (Å²) in [7, 11) is 0. The Kier molecular flexibility index (Phi) is 8.25. The fourth-order valence-corrected chi connectivity index (χ4v) is 3.05. The molecule has 0 aliphatic heterocycles. The largest absolute Gasteiger partial charge is 0.387 e. The van der Waals surface area contributed by atoms with Crippen LogP contribution in [0.5, 0.6) is 0 Å². The van der Waals surface area contributed by atoms with Crippen molar-refractivity contribution in [2.75, 3.05) is 0 Å². The van der Waals surface area contributed by atoms with Crippen molar-refractivity contribution in [1.29, 1.82) is 0 Å². The quantitative estimate of drug-likeness (QED) is 0.406. The van der Waals surface area contributed by atoms with E-state index in [4.69, 9.17) is 0 Å². The third kappa shape index (κ3) is 6.05. The zero-order valence-corrected chi connectivity index (χ0v) is 15.5. The standard InChI is InChI=1S/C24H30O/c1-3-5-8-13-20(4-2)18-19-23(21-14-9-6-10-15-21)24(25)22-16-11-7-12-17-22/h6-7,9-12,14-17,19,23-25H,3-5,8,13H2,1-2H3/t18?,23-,24-/m0/s1. The van der Waals surface area contributed by atoms with E-state index >= 15 is 0 Å². The van der Waals surface area contributed by atoms with E-state index < -0.39 is 6.10 Å². The van der Waals surface area contributed by atoms with E-state index in [0.29, 0.717) is 0 Å². The molecule has 1 N–H and O–H groups in total. The van der Waals surface area contributed by atoms with E-state index in [1.165, 1.54) is 24.8 Å². The summed E-state index contributed by atoms with van der Waals surface area (Å²) in [6, 6.07) is 20.1. The lowest BCUT2D eigenvalue weighted by Crippen LogP contribution is -2.08. The SMILES string of the molecule is CCCCCC(=C=C[C@@H](c1ccccc1)[C@@H](O)c1ccccc1)CC. The Balaban J connectivity index is 2.30. The van der Waals surface area contributed by atoms with Crippen molar-refractivity contribution in [2.45, 2.75) is 58.0 Å².